The fourth-order valence-electron chi connectivity index (χ4n) is 10.6. The first-order valence-electron chi connectivity index (χ1n) is 24.5. The summed E-state index contributed by atoms with van der Waals surface area (Å²) in [5, 5.41) is 23.7. The minimum atomic E-state index is -4.67. The second kappa shape index (κ2) is 18.3. The summed E-state index contributed by atoms with van der Waals surface area (Å²) in [4.78, 5) is 15.2. The quantitative estimate of drug-likeness (QED) is 0.151. The third-order valence-corrected chi connectivity index (χ3v) is 14.1. The number of rotatable bonds is 8. The summed E-state index contributed by atoms with van der Waals surface area (Å²) >= 11 is 0. The lowest BCUT2D eigenvalue weighted by Crippen LogP contribution is -2.08. The molecule has 0 bridgehead atoms. The summed E-state index contributed by atoms with van der Waals surface area (Å²) in [6.45, 7) is 0. The first-order valence-corrected chi connectivity index (χ1v) is 24.5. The highest BCUT2D eigenvalue weighted by Crippen LogP contribution is 2.45. The molecule has 10 heteroatoms. The van der Waals surface area contributed by atoms with Crippen LogP contribution in [0.4, 0.5) is 13.2 Å². The van der Waals surface area contributed by atoms with Crippen molar-refractivity contribution in [3.63, 3.8) is 0 Å². The molecule has 0 fully saturated rings. The van der Waals surface area contributed by atoms with Crippen molar-refractivity contribution in [2.24, 2.45) is 0 Å². The van der Waals surface area contributed by atoms with E-state index in [0.29, 0.717) is 67.7 Å². The first-order chi connectivity index (χ1) is 37.2. The molecular weight excluding hydrogens is 948 g/mol. The smallest absolute Gasteiger partial charge is 0.309 e. The third-order valence-electron chi connectivity index (χ3n) is 14.1. The molecule has 13 aromatic rings. The Morgan fingerprint density at radius 1 is 0.329 bits per heavy atom. The average Bonchev–Trinajstić information content (AvgIpc) is 4.11. The standard InChI is InChI=1S/C66H38F3N7/c67-66(68,69)48-30-32-54(62(38-48)76-58-26-14-12-24-52(58)56-36-44(29-34-60(56)76)50-22-10-8-20-47(50)40-71)53-31-27-45(65-73-63(41-15-3-1-4-16-41)72-64(74-65)42-17-5-2-6-18-42)37-61(53)75-57-25-13-11-23-51(57)55-35-43(28-33-59(55)75)49-21-9-7-19-46(49)39-70/h1-38H. The Bertz CT molecular complexity index is 4480. The Hall–Kier alpha value is -10.4. The van der Waals surface area contributed by atoms with Gasteiger partial charge in [0.15, 0.2) is 17.5 Å². The number of fused-ring (bicyclic) bond motifs is 6. The van der Waals surface area contributed by atoms with Crippen LogP contribution in [0.1, 0.15) is 16.7 Å². The molecule has 0 aliphatic carbocycles. The van der Waals surface area contributed by atoms with E-state index in [1.807, 2.05) is 193 Å². The van der Waals surface area contributed by atoms with Crippen molar-refractivity contribution in [2.45, 2.75) is 6.18 Å². The van der Waals surface area contributed by atoms with E-state index in [-0.39, 0.29) is 0 Å². The Morgan fingerprint density at radius 2 is 0.724 bits per heavy atom. The van der Waals surface area contributed by atoms with Gasteiger partial charge in [-0.2, -0.15) is 23.7 Å². The number of alkyl halides is 3. The van der Waals surface area contributed by atoms with E-state index in [1.54, 1.807) is 18.2 Å². The highest BCUT2D eigenvalue weighted by Gasteiger charge is 2.33. The summed E-state index contributed by atoms with van der Waals surface area (Å²) in [5.74, 6) is 1.36. The predicted molar refractivity (Wildman–Crippen MR) is 296 cm³/mol. The molecule has 0 radical (unpaired) electrons. The van der Waals surface area contributed by atoms with Crippen LogP contribution < -0.4 is 0 Å². The molecule has 76 heavy (non-hydrogen) atoms. The zero-order valence-electron chi connectivity index (χ0n) is 40.2. The molecule has 3 heterocycles. The predicted octanol–water partition coefficient (Wildman–Crippen LogP) is 16.8. The Morgan fingerprint density at radius 3 is 1.21 bits per heavy atom. The molecule has 0 aliphatic heterocycles. The van der Waals surface area contributed by atoms with Crippen molar-refractivity contribution in [1.29, 1.82) is 10.5 Å². The van der Waals surface area contributed by atoms with Crippen molar-refractivity contribution in [2.75, 3.05) is 0 Å². The van der Waals surface area contributed by atoms with E-state index in [0.717, 1.165) is 72.0 Å². The van der Waals surface area contributed by atoms with E-state index in [4.69, 9.17) is 15.0 Å². The van der Waals surface area contributed by atoms with Gasteiger partial charge in [0.25, 0.3) is 0 Å². The van der Waals surface area contributed by atoms with Gasteiger partial charge in [0, 0.05) is 49.4 Å². The van der Waals surface area contributed by atoms with Crippen LogP contribution in [0.5, 0.6) is 0 Å². The van der Waals surface area contributed by atoms with Gasteiger partial charge in [-0.1, -0.05) is 164 Å². The van der Waals surface area contributed by atoms with Crippen LogP contribution >= 0.6 is 0 Å². The van der Waals surface area contributed by atoms with E-state index < -0.39 is 11.7 Å². The minimum absolute atomic E-state index is 0.314. The Balaban J connectivity index is 1.11. The van der Waals surface area contributed by atoms with Gasteiger partial charge in [0.2, 0.25) is 0 Å². The monoisotopic (exact) mass is 985 g/mol. The lowest BCUT2D eigenvalue weighted by molar-refractivity contribution is -0.137. The van der Waals surface area contributed by atoms with E-state index in [9.17, 15) is 10.5 Å². The molecular formula is C66H38F3N7. The molecule has 10 aromatic carbocycles. The van der Waals surface area contributed by atoms with Crippen molar-refractivity contribution >= 4 is 43.6 Å². The molecule has 0 spiro atoms. The molecule has 0 amide bonds. The lowest BCUT2D eigenvalue weighted by Gasteiger charge is -2.21. The van der Waals surface area contributed by atoms with Gasteiger partial charge >= 0.3 is 6.18 Å². The number of halogens is 3. The van der Waals surface area contributed by atoms with Gasteiger partial charge in [-0.3, -0.25) is 0 Å². The first kappa shape index (κ1) is 45.4. The van der Waals surface area contributed by atoms with Crippen LogP contribution in [0.2, 0.25) is 0 Å². The molecule has 358 valence electrons. The molecule has 0 aliphatic rings. The highest BCUT2D eigenvalue weighted by molar-refractivity contribution is 6.13. The number of hydrogen-bond donors (Lipinski definition) is 0. The second-order valence-corrected chi connectivity index (χ2v) is 18.5. The number of benzene rings is 10. The highest BCUT2D eigenvalue weighted by atomic mass is 19.4. The summed E-state index contributed by atoms with van der Waals surface area (Å²) in [6.07, 6.45) is -4.67. The van der Waals surface area contributed by atoms with Crippen molar-refractivity contribution in [3.8, 4) is 91.1 Å². The van der Waals surface area contributed by atoms with E-state index in [1.165, 1.54) is 6.07 Å². The average molecular weight is 986 g/mol. The zero-order chi connectivity index (χ0) is 51.5. The summed E-state index contributed by atoms with van der Waals surface area (Å²) in [6, 6.07) is 76.7. The molecule has 0 N–H and O–H groups in total. The van der Waals surface area contributed by atoms with Gasteiger partial charge in [0.05, 0.1) is 62.3 Å². The normalized spacial score (nSPS) is 11.6. The number of para-hydroxylation sites is 2. The topological polar surface area (TPSA) is 96.1 Å². The van der Waals surface area contributed by atoms with Crippen LogP contribution in [0.15, 0.2) is 231 Å². The maximum Gasteiger partial charge on any atom is 0.416 e. The van der Waals surface area contributed by atoms with Gasteiger partial charge in [-0.15, -0.1) is 0 Å². The SMILES string of the molecule is N#Cc1ccccc1-c1ccc2c(c1)c1ccccc1n2-c1cc(-c2nc(-c3ccccc3)nc(-c3ccccc3)n2)ccc1-c1ccc(C(F)(F)F)cc1-n1c2ccccc2c2cc(-c3ccccc3C#N)ccc21. The zero-order valence-corrected chi connectivity index (χ0v) is 40.2. The molecule has 0 saturated heterocycles. The summed E-state index contributed by atoms with van der Waals surface area (Å²) in [5.41, 5.74) is 11.0. The van der Waals surface area contributed by atoms with Gasteiger partial charge < -0.3 is 9.13 Å². The summed E-state index contributed by atoms with van der Waals surface area (Å²) < 4.78 is 49.7. The largest absolute Gasteiger partial charge is 0.416 e. The van der Waals surface area contributed by atoms with Crippen molar-refractivity contribution < 1.29 is 13.2 Å². The lowest BCUT2D eigenvalue weighted by atomic mass is 9.96. The van der Waals surface area contributed by atoms with E-state index >= 15 is 13.2 Å². The molecule has 0 atom stereocenters. The van der Waals surface area contributed by atoms with Crippen molar-refractivity contribution in [1.82, 2.24) is 24.1 Å². The maximum atomic E-state index is 15.2. The maximum absolute atomic E-state index is 15.2. The number of nitriles is 2. The van der Waals surface area contributed by atoms with Crippen LogP contribution in [0.3, 0.4) is 0 Å². The van der Waals surface area contributed by atoms with E-state index in [2.05, 4.69) is 28.8 Å². The molecule has 7 nitrogen and oxygen atoms in total. The number of hydrogen-bond acceptors (Lipinski definition) is 5. The molecule has 3 aromatic heterocycles. The Labute approximate surface area is 433 Å². The number of aromatic nitrogens is 5. The fourth-order valence-corrected chi connectivity index (χ4v) is 10.6. The fraction of sp³-hybridized carbons (Fsp3) is 0.0152. The van der Waals surface area contributed by atoms with Crippen LogP contribution in [0, 0.1) is 22.7 Å². The van der Waals surface area contributed by atoms with Crippen molar-refractivity contribution in [3.05, 3.63) is 247 Å². The van der Waals surface area contributed by atoms with Gasteiger partial charge in [-0.05, 0) is 89.0 Å². The van der Waals surface area contributed by atoms with Crippen LogP contribution in [-0.4, -0.2) is 24.1 Å². The third kappa shape index (κ3) is 7.72. The van der Waals surface area contributed by atoms with Crippen LogP contribution in [0.25, 0.3) is 123 Å². The Kier molecular flexibility index (Phi) is 10.9. The molecule has 13 rings (SSSR count). The summed E-state index contributed by atoms with van der Waals surface area (Å²) in [7, 11) is 0. The van der Waals surface area contributed by atoms with Gasteiger partial charge in [0.1, 0.15) is 0 Å². The molecule has 0 unspecified atom stereocenters. The minimum Gasteiger partial charge on any atom is -0.309 e. The van der Waals surface area contributed by atoms with Gasteiger partial charge in [-0.25, -0.2) is 15.0 Å². The second-order valence-electron chi connectivity index (χ2n) is 18.5. The number of nitrogens with zero attached hydrogens (tertiary/aromatic N) is 7. The van der Waals surface area contributed by atoms with Crippen LogP contribution in [-0.2, 0) is 6.18 Å². The molecule has 0 saturated carbocycles.